The molecule has 1 N–H and O–H groups in total. The van der Waals surface area contributed by atoms with Gasteiger partial charge in [-0.3, -0.25) is 4.79 Å². The van der Waals surface area contributed by atoms with Crippen molar-refractivity contribution in [1.29, 1.82) is 0 Å². The summed E-state index contributed by atoms with van der Waals surface area (Å²) in [5.41, 5.74) is 2.69. The van der Waals surface area contributed by atoms with E-state index in [0.29, 0.717) is 22.0 Å². The van der Waals surface area contributed by atoms with Crippen molar-refractivity contribution in [2.75, 3.05) is 5.32 Å². The van der Waals surface area contributed by atoms with Gasteiger partial charge in [-0.2, -0.15) is 5.10 Å². The Bertz CT molecular complexity index is 1080. The molecule has 0 saturated heterocycles. The topological polar surface area (TPSA) is 72.7 Å². The van der Waals surface area contributed by atoms with Crippen LogP contribution in [0.25, 0.3) is 16.3 Å². The van der Waals surface area contributed by atoms with Gasteiger partial charge in [0.15, 0.2) is 0 Å². The summed E-state index contributed by atoms with van der Waals surface area (Å²) in [7, 11) is 0. The highest BCUT2D eigenvalue weighted by Gasteiger charge is 2.12. The first kappa shape index (κ1) is 17.0. The average molecular weight is 379 g/mol. The molecule has 0 atom stereocenters. The summed E-state index contributed by atoms with van der Waals surface area (Å²) in [6, 6.07) is 13.6. The molecule has 4 rings (SSSR count). The zero-order valence-corrected chi connectivity index (χ0v) is 14.9. The molecule has 0 aliphatic carbocycles. The molecular formula is C19H14FN5OS. The van der Waals surface area contributed by atoms with Gasteiger partial charge in [0.25, 0.3) is 0 Å². The summed E-state index contributed by atoms with van der Waals surface area (Å²) < 4.78 is 15.0. The molecule has 0 aliphatic heterocycles. The van der Waals surface area contributed by atoms with E-state index in [9.17, 15) is 9.18 Å². The van der Waals surface area contributed by atoms with Gasteiger partial charge in [0.1, 0.15) is 23.5 Å². The molecule has 4 aromatic rings. The summed E-state index contributed by atoms with van der Waals surface area (Å²) in [4.78, 5) is 20.8. The van der Waals surface area contributed by atoms with E-state index in [0.717, 1.165) is 5.69 Å². The Morgan fingerprint density at radius 2 is 2.07 bits per heavy atom. The Hall–Kier alpha value is -3.39. The lowest BCUT2D eigenvalue weighted by atomic mass is 10.2. The first-order valence-electron chi connectivity index (χ1n) is 8.13. The van der Waals surface area contributed by atoms with E-state index in [1.54, 1.807) is 29.2 Å². The lowest BCUT2D eigenvalue weighted by molar-refractivity contribution is -0.115. The van der Waals surface area contributed by atoms with Crippen molar-refractivity contribution < 1.29 is 9.18 Å². The predicted molar refractivity (Wildman–Crippen MR) is 101 cm³/mol. The molecule has 27 heavy (non-hydrogen) atoms. The largest absolute Gasteiger partial charge is 0.324 e. The fourth-order valence-corrected chi connectivity index (χ4v) is 3.43. The molecular weight excluding hydrogens is 365 g/mol. The monoisotopic (exact) mass is 379 g/mol. The van der Waals surface area contributed by atoms with E-state index in [2.05, 4.69) is 20.4 Å². The third-order valence-corrected chi connectivity index (χ3v) is 4.75. The number of nitrogens with zero attached hydrogens (tertiary/aromatic N) is 4. The molecule has 2 heterocycles. The van der Waals surface area contributed by atoms with Crippen LogP contribution in [0.15, 0.2) is 66.6 Å². The van der Waals surface area contributed by atoms with Gasteiger partial charge < -0.3 is 5.32 Å². The SMILES string of the molecule is O=C(Cc1csc(-c2cccc(F)c2)n1)Nc1ccccc1-n1cncn1. The summed E-state index contributed by atoms with van der Waals surface area (Å²) in [5.74, 6) is -0.509. The van der Waals surface area contributed by atoms with Crippen LogP contribution >= 0.6 is 11.3 Å². The van der Waals surface area contributed by atoms with Crippen LogP contribution in [0.5, 0.6) is 0 Å². The molecule has 0 aliphatic rings. The first-order valence-corrected chi connectivity index (χ1v) is 9.01. The van der Waals surface area contributed by atoms with Gasteiger partial charge in [-0.1, -0.05) is 24.3 Å². The smallest absolute Gasteiger partial charge is 0.230 e. The summed E-state index contributed by atoms with van der Waals surface area (Å²) in [5, 5.41) is 9.47. The van der Waals surface area contributed by atoms with Gasteiger partial charge in [-0.15, -0.1) is 11.3 Å². The van der Waals surface area contributed by atoms with Crippen molar-refractivity contribution >= 4 is 22.9 Å². The molecule has 8 heteroatoms. The maximum Gasteiger partial charge on any atom is 0.230 e. The highest BCUT2D eigenvalue weighted by molar-refractivity contribution is 7.13. The normalized spacial score (nSPS) is 10.7. The van der Waals surface area contributed by atoms with Crippen LogP contribution < -0.4 is 5.32 Å². The van der Waals surface area contributed by atoms with Crippen molar-refractivity contribution in [2.24, 2.45) is 0 Å². The molecule has 0 radical (unpaired) electrons. The number of hydrogen-bond acceptors (Lipinski definition) is 5. The lowest BCUT2D eigenvalue weighted by Crippen LogP contribution is -2.16. The van der Waals surface area contributed by atoms with Gasteiger partial charge in [-0.05, 0) is 24.3 Å². The van der Waals surface area contributed by atoms with Crippen LogP contribution in [0.3, 0.4) is 0 Å². The first-order chi connectivity index (χ1) is 13.2. The highest BCUT2D eigenvalue weighted by atomic mass is 32.1. The van der Waals surface area contributed by atoms with Gasteiger partial charge in [0, 0.05) is 10.9 Å². The van der Waals surface area contributed by atoms with Crippen molar-refractivity contribution in [3.63, 3.8) is 0 Å². The average Bonchev–Trinajstić information content (AvgIpc) is 3.34. The number of aromatic nitrogens is 4. The maximum atomic E-state index is 13.4. The standard InChI is InChI=1S/C19H14FN5OS/c20-14-5-3-4-13(8-14)19-23-15(10-27-19)9-18(26)24-16-6-1-2-7-17(16)25-12-21-11-22-25/h1-8,10-12H,9H2,(H,24,26). The molecule has 0 unspecified atom stereocenters. The van der Waals surface area contributed by atoms with Gasteiger partial charge >= 0.3 is 0 Å². The lowest BCUT2D eigenvalue weighted by Gasteiger charge is -2.10. The number of carbonyl (C=O) groups excluding carboxylic acids is 1. The van der Waals surface area contributed by atoms with E-state index in [4.69, 9.17) is 0 Å². The molecule has 0 saturated carbocycles. The number of hydrogen-bond donors (Lipinski definition) is 1. The van der Waals surface area contributed by atoms with Crippen LogP contribution in [0, 0.1) is 5.82 Å². The number of thiazole rings is 1. The van der Waals surface area contributed by atoms with E-state index in [-0.39, 0.29) is 18.1 Å². The molecule has 0 fully saturated rings. The minimum absolute atomic E-state index is 0.123. The minimum atomic E-state index is -0.313. The Morgan fingerprint density at radius 1 is 1.19 bits per heavy atom. The number of halogens is 1. The third kappa shape index (κ3) is 3.90. The number of rotatable bonds is 5. The number of amides is 1. The Labute approximate surface area is 158 Å². The molecule has 0 bridgehead atoms. The molecule has 6 nitrogen and oxygen atoms in total. The van der Waals surface area contributed by atoms with Gasteiger partial charge in [0.2, 0.25) is 5.91 Å². The molecule has 1 amide bonds. The number of benzene rings is 2. The molecule has 134 valence electrons. The summed E-state index contributed by atoms with van der Waals surface area (Å²) in [6.07, 6.45) is 3.12. The summed E-state index contributed by atoms with van der Waals surface area (Å²) >= 11 is 1.38. The van der Waals surface area contributed by atoms with E-state index in [1.807, 2.05) is 23.6 Å². The van der Waals surface area contributed by atoms with E-state index < -0.39 is 0 Å². The van der Waals surface area contributed by atoms with Crippen molar-refractivity contribution in [3.05, 3.63) is 78.1 Å². The Morgan fingerprint density at radius 3 is 2.89 bits per heavy atom. The van der Waals surface area contributed by atoms with Crippen LogP contribution in [-0.4, -0.2) is 25.7 Å². The van der Waals surface area contributed by atoms with Crippen molar-refractivity contribution in [2.45, 2.75) is 6.42 Å². The Balaban J connectivity index is 1.48. The van der Waals surface area contributed by atoms with Crippen LogP contribution in [-0.2, 0) is 11.2 Å². The fraction of sp³-hybridized carbons (Fsp3) is 0.0526. The van der Waals surface area contributed by atoms with Crippen molar-refractivity contribution in [3.8, 4) is 16.3 Å². The maximum absolute atomic E-state index is 13.4. The second-order valence-corrected chi connectivity index (χ2v) is 6.59. The van der Waals surface area contributed by atoms with Crippen LogP contribution in [0.4, 0.5) is 10.1 Å². The van der Waals surface area contributed by atoms with Gasteiger partial charge in [-0.25, -0.2) is 19.0 Å². The Kier molecular flexibility index (Phi) is 4.71. The zero-order chi connectivity index (χ0) is 18.6. The third-order valence-electron chi connectivity index (χ3n) is 3.81. The van der Waals surface area contributed by atoms with Gasteiger partial charge in [0.05, 0.1) is 23.5 Å². The zero-order valence-electron chi connectivity index (χ0n) is 14.0. The molecule has 0 spiro atoms. The number of anilines is 1. The second-order valence-electron chi connectivity index (χ2n) is 5.74. The minimum Gasteiger partial charge on any atom is -0.324 e. The number of carbonyl (C=O) groups is 1. The highest BCUT2D eigenvalue weighted by Crippen LogP contribution is 2.25. The van der Waals surface area contributed by atoms with Crippen LogP contribution in [0.2, 0.25) is 0 Å². The summed E-state index contributed by atoms with van der Waals surface area (Å²) in [6.45, 7) is 0. The van der Waals surface area contributed by atoms with E-state index in [1.165, 1.54) is 29.8 Å². The predicted octanol–water partition coefficient (Wildman–Crippen LogP) is 3.71. The van der Waals surface area contributed by atoms with Crippen molar-refractivity contribution in [1.82, 2.24) is 19.7 Å². The van der Waals surface area contributed by atoms with Crippen LogP contribution in [0.1, 0.15) is 5.69 Å². The second kappa shape index (κ2) is 7.46. The quantitative estimate of drug-likeness (QED) is 0.574. The molecule has 2 aromatic heterocycles. The number of para-hydroxylation sites is 2. The van der Waals surface area contributed by atoms with E-state index >= 15 is 0 Å². The fourth-order valence-electron chi connectivity index (χ4n) is 2.61. The molecule has 2 aromatic carbocycles. The number of nitrogens with one attached hydrogen (secondary N) is 1.